The highest BCUT2D eigenvalue weighted by Crippen LogP contribution is 2.40. The highest BCUT2D eigenvalue weighted by molar-refractivity contribution is 5.94. The van der Waals surface area contributed by atoms with Crippen LogP contribution in [0.1, 0.15) is 0 Å². The van der Waals surface area contributed by atoms with E-state index in [0.29, 0.717) is 29.5 Å². The van der Waals surface area contributed by atoms with Crippen LogP contribution in [0.25, 0.3) is 0 Å². The summed E-state index contributed by atoms with van der Waals surface area (Å²) in [5.74, 6) is 1.75. The smallest absolute Gasteiger partial charge is 0.238 e. The third-order valence-electron chi connectivity index (χ3n) is 3.55. The van der Waals surface area contributed by atoms with Crippen molar-refractivity contribution in [3.63, 3.8) is 0 Å². The number of anilines is 1. The second-order valence-corrected chi connectivity index (χ2v) is 4.98. The quantitative estimate of drug-likeness (QED) is 0.832. The summed E-state index contributed by atoms with van der Waals surface area (Å²) in [4.78, 5) is 14.3. The van der Waals surface area contributed by atoms with Crippen LogP contribution in [-0.4, -0.2) is 57.4 Å². The molecule has 0 atom stereocenters. The highest BCUT2D eigenvalue weighted by Gasteiger charge is 2.20. The van der Waals surface area contributed by atoms with Gasteiger partial charge in [-0.15, -0.1) is 24.8 Å². The Kier molecular flexibility index (Phi) is 7.70. The van der Waals surface area contributed by atoms with Crippen molar-refractivity contribution in [1.82, 2.24) is 10.2 Å². The van der Waals surface area contributed by atoms with Crippen LogP contribution in [0.2, 0.25) is 0 Å². The van der Waals surface area contributed by atoms with Crippen molar-refractivity contribution in [2.75, 3.05) is 51.9 Å². The number of carbonyl (C=O) groups is 1. The number of halogens is 2. The highest BCUT2D eigenvalue weighted by atomic mass is 35.5. The SMILES string of the molecule is COc1cc2c(cc1NC(=O)CN1CCNCC1)OCO2.Cl.Cl. The van der Waals surface area contributed by atoms with E-state index in [4.69, 9.17) is 14.2 Å². The molecule has 1 saturated heterocycles. The van der Waals surface area contributed by atoms with Gasteiger partial charge in [0.05, 0.1) is 19.3 Å². The molecule has 3 rings (SSSR count). The summed E-state index contributed by atoms with van der Waals surface area (Å²) in [6.07, 6.45) is 0. The van der Waals surface area contributed by atoms with Crippen molar-refractivity contribution < 1.29 is 19.0 Å². The van der Waals surface area contributed by atoms with Crippen molar-refractivity contribution in [1.29, 1.82) is 0 Å². The Labute approximate surface area is 147 Å². The van der Waals surface area contributed by atoms with E-state index in [-0.39, 0.29) is 37.5 Å². The average molecular weight is 366 g/mol. The van der Waals surface area contributed by atoms with Crippen molar-refractivity contribution in [2.24, 2.45) is 0 Å². The van der Waals surface area contributed by atoms with E-state index >= 15 is 0 Å². The normalized spacial score (nSPS) is 16.0. The van der Waals surface area contributed by atoms with E-state index in [1.54, 1.807) is 19.2 Å². The summed E-state index contributed by atoms with van der Waals surface area (Å²) < 4.78 is 15.9. The fourth-order valence-electron chi connectivity index (χ4n) is 2.45. The molecule has 0 aliphatic carbocycles. The number of hydrogen-bond donors (Lipinski definition) is 2. The lowest BCUT2D eigenvalue weighted by atomic mass is 10.2. The summed E-state index contributed by atoms with van der Waals surface area (Å²) in [6.45, 7) is 4.16. The van der Waals surface area contributed by atoms with E-state index < -0.39 is 0 Å². The van der Waals surface area contributed by atoms with Gasteiger partial charge in [-0.2, -0.15) is 0 Å². The minimum atomic E-state index is -0.0611. The number of benzene rings is 1. The largest absolute Gasteiger partial charge is 0.494 e. The molecule has 0 saturated carbocycles. The number of hydrogen-bond acceptors (Lipinski definition) is 6. The van der Waals surface area contributed by atoms with Gasteiger partial charge in [0.15, 0.2) is 11.5 Å². The molecular formula is C14H21Cl2N3O4. The van der Waals surface area contributed by atoms with Gasteiger partial charge < -0.3 is 24.8 Å². The molecule has 0 radical (unpaired) electrons. The molecule has 2 N–H and O–H groups in total. The molecule has 1 amide bonds. The maximum absolute atomic E-state index is 12.1. The fraction of sp³-hybridized carbons (Fsp3) is 0.500. The first-order valence-electron chi connectivity index (χ1n) is 6.97. The van der Waals surface area contributed by atoms with Gasteiger partial charge in [-0.05, 0) is 0 Å². The van der Waals surface area contributed by atoms with Crippen LogP contribution < -0.4 is 24.8 Å². The van der Waals surface area contributed by atoms with Crippen LogP contribution in [0, 0.1) is 0 Å². The van der Waals surface area contributed by atoms with Crippen LogP contribution in [0.15, 0.2) is 12.1 Å². The molecule has 2 aliphatic heterocycles. The second kappa shape index (κ2) is 9.02. The van der Waals surface area contributed by atoms with E-state index in [9.17, 15) is 4.79 Å². The zero-order valence-corrected chi connectivity index (χ0v) is 14.4. The van der Waals surface area contributed by atoms with Gasteiger partial charge in [0.2, 0.25) is 12.7 Å². The zero-order chi connectivity index (χ0) is 14.7. The van der Waals surface area contributed by atoms with Crippen LogP contribution in [-0.2, 0) is 4.79 Å². The van der Waals surface area contributed by atoms with E-state index in [2.05, 4.69) is 15.5 Å². The van der Waals surface area contributed by atoms with Crippen LogP contribution in [0.3, 0.4) is 0 Å². The van der Waals surface area contributed by atoms with E-state index in [1.807, 2.05) is 0 Å². The van der Waals surface area contributed by atoms with Gasteiger partial charge in [-0.25, -0.2) is 0 Å². The fourth-order valence-corrected chi connectivity index (χ4v) is 2.45. The lowest BCUT2D eigenvalue weighted by Crippen LogP contribution is -2.46. The third-order valence-corrected chi connectivity index (χ3v) is 3.55. The molecule has 23 heavy (non-hydrogen) atoms. The van der Waals surface area contributed by atoms with Gasteiger partial charge in [-0.1, -0.05) is 0 Å². The topological polar surface area (TPSA) is 72.1 Å². The van der Waals surface area contributed by atoms with Crippen molar-refractivity contribution in [2.45, 2.75) is 0 Å². The van der Waals surface area contributed by atoms with Crippen molar-refractivity contribution in [3.05, 3.63) is 12.1 Å². The maximum Gasteiger partial charge on any atom is 0.238 e. The minimum absolute atomic E-state index is 0. The number of carbonyl (C=O) groups excluding carboxylic acids is 1. The van der Waals surface area contributed by atoms with E-state index in [0.717, 1.165) is 26.2 Å². The first-order chi connectivity index (χ1) is 10.3. The molecule has 9 heteroatoms. The Hall–Kier alpha value is -1.41. The van der Waals surface area contributed by atoms with E-state index in [1.165, 1.54) is 0 Å². The number of amides is 1. The molecule has 1 fully saturated rings. The van der Waals surface area contributed by atoms with Crippen LogP contribution in [0.5, 0.6) is 17.2 Å². The first-order valence-corrected chi connectivity index (χ1v) is 6.97. The lowest BCUT2D eigenvalue weighted by molar-refractivity contribution is -0.117. The minimum Gasteiger partial charge on any atom is -0.494 e. The van der Waals surface area contributed by atoms with Gasteiger partial charge in [0, 0.05) is 38.3 Å². The second-order valence-electron chi connectivity index (χ2n) is 4.98. The predicted octanol–water partition coefficient (Wildman–Crippen LogP) is 1.11. The Balaban J connectivity index is 0.00000132. The van der Waals surface area contributed by atoms with Gasteiger partial charge in [0.1, 0.15) is 5.75 Å². The molecule has 7 nitrogen and oxygen atoms in total. The summed E-state index contributed by atoms with van der Waals surface area (Å²) in [7, 11) is 1.56. The molecule has 0 bridgehead atoms. The monoisotopic (exact) mass is 365 g/mol. The zero-order valence-electron chi connectivity index (χ0n) is 12.8. The Morgan fingerprint density at radius 1 is 1.26 bits per heavy atom. The Bertz CT molecular complexity index is 539. The molecule has 0 unspecified atom stereocenters. The van der Waals surface area contributed by atoms with Gasteiger partial charge >= 0.3 is 0 Å². The summed E-state index contributed by atoms with van der Waals surface area (Å²) >= 11 is 0. The van der Waals surface area contributed by atoms with Crippen LogP contribution >= 0.6 is 24.8 Å². The molecule has 0 aromatic heterocycles. The van der Waals surface area contributed by atoms with Gasteiger partial charge in [0.25, 0.3) is 0 Å². The number of nitrogens with zero attached hydrogens (tertiary/aromatic N) is 1. The number of fused-ring (bicyclic) bond motifs is 1. The number of rotatable bonds is 4. The molecule has 1 aromatic rings. The number of nitrogens with one attached hydrogen (secondary N) is 2. The summed E-state index contributed by atoms with van der Waals surface area (Å²) in [5, 5.41) is 6.14. The van der Waals surface area contributed by atoms with Crippen molar-refractivity contribution in [3.8, 4) is 17.2 Å². The molecule has 130 valence electrons. The average Bonchev–Trinajstić information content (AvgIpc) is 2.94. The number of methoxy groups -OCH3 is 1. The lowest BCUT2D eigenvalue weighted by Gasteiger charge is -2.26. The molecule has 1 aromatic carbocycles. The first kappa shape index (κ1) is 19.6. The molecule has 0 spiro atoms. The Morgan fingerprint density at radius 2 is 1.91 bits per heavy atom. The van der Waals surface area contributed by atoms with Crippen LogP contribution in [0.4, 0.5) is 5.69 Å². The maximum atomic E-state index is 12.1. The molecule has 2 heterocycles. The van der Waals surface area contributed by atoms with Crippen molar-refractivity contribution >= 4 is 36.4 Å². The standard InChI is InChI=1S/C14H19N3O4.2ClH/c1-19-11-7-13-12(20-9-21-13)6-10(11)16-14(18)8-17-4-2-15-3-5-17;;/h6-7,15H,2-5,8-9H2,1H3,(H,16,18);2*1H. The Morgan fingerprint density at radius 3 is 2.57 bits per heavy atom. The number of ether oxygens (including phenoxy) is 3. The summed E-state index contributed by atoms with van der Waals surface area (Å²) in [5.41, 5.74) is 0.599. The molecular weight excluding hydrogens is 345 g/mol. The predicted molar refractivity (Wildman–Crippen MR) is 91.6 cm³/mol. The third kappa shape index (κ3) is 4.78. The van der Waals surface area contributed by atoms with Gasteiger partial charge in [-0.3, -0.25) is 9.69 Å². The number of piperazine rings is 1. The summed E-state index contributed by atoms with van der Waals surface area (Å²) in [6, 6.07) is 3.46. The molecule has 2 aliphatic rings.